The van der Waals surface area contributed by atoms with Crippen LogP contribution >= 0.6 is 0 Å². The highest BCUT2D eigenvalue weighted by Gasteiger charge is 2.46. The summed E-state index contributed by atoms with van der Waals surface area (Å²) < 4.78 is 13.4. The third kappa shape index (κ3) is 10.2. The van der Waals surface area contributed by atoms with Gasteiger partial charge in [-0.15, -0.1) is 0 Å². The number of pyridine rings is 1. The predicted octanol–water partition coefficient (Wildman–Crippen LogP) is 8.38. The second-order valence-corrected chi connectivity index (χ2v) is 24.5. The third-order valence-electron chi connectivity index (χ3n) is 14.8. The summed E-state index contributed by atoms with van der Waals surface area (Å²) >= 11 is 0. The second-order valence-electron chi connectivity index (χ2n) is 19.7. The molecular formula is C48H70N4O6Si. The van der Waals surface area contributed by atoms with E-state index in [0.717, 1.165) is 126 Å². The van der Waals surface area contributed by atoms with Gasteiger partial charge in [0.2, 0.25) is 11.5 Å². The summed E-state index contributed by atoms with van der Waals surface area (Å²) in [4.78, 5) is 46.9. The molecule has 11 heteroatoms. The number of ether oxygens (including phenoxy) is 1. The first-order valence-electron chi connectivity index (χ1n) is 22.8. The zero-order valence-electron chi connectivity index (χ0n) is 36.5. The molecule has 2 atom stereocenters. The molecule has 3 aromatic rings. The van der Waals surface area contributed by atoms with Gasteiger partial charge in [-0.2, -0.15) is 0 Å². The minimum absolute atomic E-state index is 0.00954. The number of fused-ring (bicyclic) bond motifs is 4. The average molecular weight is 827 g/mol. The Kier molecular flexibility index (Phi) is 13.8. The normalized spacial score (nSPS) is 23.0. The largest absolute Gasteiger partial charge is 0.506 e. The van der Waals surface area contributed by atoms with Crippen LogP contribution in [0.15, 0.2) is 53.3 Å². The topological polar surface area (TPSA) is 124 Å². The molecule has 5 fully saturated rings. The Morgan fingerprint density at radius 2 is 1.73 bits per heavy atom. The maximum Gasteiger partial charge on any atom is 0.316 e. The zero-order valence-corrected chi connectivity index (χ0v) is 37.5. The number of piperidine rings is 4. The summed E-state index contributed by atoms with van der Waals surface area (Å²) in [5, 5.41) is 15.0. The van der Waals surface area contributed by atoms with Crippen LogP contribution in [0, 0.1) is 11.8 Å². The van der Waals surface area contributed by atoms with E-state index in [9.17, 15) is 19.5 Å². The van der Waals surface area contributed by atoms with Gasteiger partial charge in [0.15, 0.2) is 8.32 Å². The molecule has 0 unspecified atom stereocenters. The number of phenols is 1. The van der Waals surface area contributed by atoms with Gasteiger partial charge in [0.1, 0.15) is 11.9 Å². The lowest BCUT2D eigenvalue weighted by molar-refractivity contribution is -0.167. The molecule has 8 rings (SSSR count). The van der Waals surface area contributed by atoms with Crippen LogP contribution in [-0.4, -0.2) is 92.0 Å². The van der Waals surface area contributed by atoms with Crippen LogP contribution < -0.4 is 10.9 Å². The molecular weight excluding hydrogens is 757 g/mol. The molecule has 2 aromatic carbocycles. The Bertz CT molecular complexity index is 1970. The van der Waals surface area contributed by atoms with Crippen LogP contribution in [0.25, 0.3) is 10.9 Å². The van der Waals surface area contributed by atoms with Crippen LogP contribution in [0.5, 0.6) is 5.75 Å². The first kappa shape index (κ1) is 43.6. The lowest BCUT2D eigenvalue weighted by Gasteiger charge is -2.45. The van der Waals surface area contributed by atoms with Gasteiger partial charge in [0.05, 0.1) is 17.0 Å². The van der Waals surface area contributed by atoms with Crippen molar-refractivity contribution in [1.29, 1.82) is 0 Å². The average Bonchev–Trinajstić information content (AvgIpc) is 3.23. The van der Waals surface area contributed by atoms with E-state index in [2.05, 4.69) is 78.2 Å². The van der Waals surface area contributed by atoms with Crippen LogP contribution in [0.4, 0.5) is 0 Å². The number of aromatic nitrogens is 1. The van der Waals surface area contributed by atoms with Gasteiger partial charge < -0.3 is 29.5 Å². The zero-order chi connectivity index (χ0) is 41.8. The number of amides is 1. The number of likely N-dealkylation sites (tertiary alicyclic amines) is 1. The molecule has 3 N–H and O–H groups in total. The number of hydrogen-bond donors (Lipinski definition) is 3. The Balaban J connectivity index is 0.874. The smallest absolute Gasteiger partial charge is 0.316 e. The minimum Gasteiger partial charge on any atom is -0.506 e. The van der Waals surface area contributed by atoms with Gasteiger partial charge in [0, 0.05) is 44.1 Å². The van der Waals surface area contributed by atoms with Crippen molar-refractivity contribution in [2.24, 2.45) is 11.8 Å². The van der Waals surface area contributed by atoms with Crippen molar-refractivity contribution in [3.63, 3.8) is 0 Å². The lowest BCUT2D eigenvalue weighted by Crippen LogP contribution is -2.53. The van der Waals surface area contributed by atoms with Crippen molar-refractivity contribution in [2.75, 3.05) is 45.8 Å². The van der Waals surface area contributed by atoms with Gasteiger partial charge >= 0.3 is 5.97 Å². The van der Waals surface area contributed by atoms with Gasteiger partial charge in [-0.3, -0.25) is 19.3 Å². The van der Waals surface area contributed by atoms with Crippen molar-refractivity contribution >= 4 is 31.1 Å². The second kappa shape index (κ2) is 18.6. The molecule has 4 aliphatic heterocycles. The number of aryl methyl sites for hydroxylation is 1. The summed E-state index contributed by atoms with van der Waals surface area (Å²) in [6, 6.07) is 15.5. The van der Waals surface area contributed by atoms with E-state index in [1.807, 2.05) is 6.07 Å². The highest BCUT2D eigenvalue weighted by molar-refractivity contribution is 6.74. The number of nitrogens with one attached hydrogen (secondary N) is 2. The highest BCUT2D eigenvalue weighted by Crippen LogP contribution is 2.43. The van der Waals surface area contributed by atoms with E-state index in [1.54, 1.807) is 12.1 Å². The van der Waals surface area contributed by atoms with Crippen molar-refractivity contribution < 1.29 is 23.9 Å². The van der Waals surface area contributed by atoms with E-state index in [0.29, 0.717) is 30.3 Å². The summed E-state index contributed by atoms with van der Waals surface area (Å²) in [5.41, 5.74) is 2.90. The number of esters is 1. The molecule has 1 saturated carbocycles. The fraction of sp³-hybridized carbons (Fsp3) is 0.646. The van der Waals surface area contributed by atoms with Gasteiger partial charge in [-0.05, 0) is 136 Å². The number of rotatable bonds is 15. The molecule has 1 aliphatic carbocycles. The number of H-pyrrole nitrogens is 1. The fourth-order valence-corrected chi connectivity index (χ4v) is 11.3. The summed E-state index contributed by atoms with van der Waals surface area (Å²) in [6.45, 7) is 17.4. The highest BCUT2D eigenvalue weighted by atomic mass is 28.4. The molecule has 1 amide bonds. The van der Waals surface area contributed by atoms with E-state index in [-0.39, 0.29) is 40.4 Å². The molecule has 0 spiro atoms. The van der Waals surface area contributed by atoms with Crippen LogP contribution in [0.1, 0.15) is 121 Å². The predicted molar refractivity (Wildman–Crippen MR) is 237 cm³/mol. The molecule has 0 radical (unpaired) electrons. The number of aromatic amines is 1. The number of nitrogens with zero attached hydrogens (tertiary/aromatic N) is 2. The van der Waals surface area contributed by atoms with E-state index < -0.39 is 13.7 Å². The van der Waals surface area contributed by atoms with E-state index in [1.165, 1.54) is 18.1 Å². The Morgan fingerprint density at radius 3 is 2.42 bits per heavy atom. The molecule has 4 saturated heterocycles. The van der Waals surface area contributed by atoms with E-state index >= 15 is 0 Å². The third-order valence-corrected chi connectivity index (χ3v) is 19.3. The number of aromatic hydroxyl groups is 1. The maximum atomic E-state index is 14.1. The Morgan fingerprint density at radius 1 is 0.983 bits per heavy atom. The maximum absolute atomic E-state index is 14.1. The number of benzene rings is 2. The van der Waals surface area contributed by atoms with Crippen LogP contribution in [0.2, 0.25) is 18.1 Å². The Labute approximate surface area is 352 Å². The molecule has 10 nitrogen and oxygen atoms in total. The van der Waals surface area contributed by atoms with Crippen molar-refractivity contribution in [2.45, 2.75) is 140 Å². The molecule has 1 aromatic heterocycles. The van der Waals surface area contributed by atoms with E-state index in [4.69, 9.17) is 9.16 Å². The SMILES string of the molecule is CC(C)(C)[Si](C)(C)O[C@@H](CNCCC1CCN(C(=O)CCCc2cccc(C3(C(=O)O[C@H]4CN5CCC4CC5)CCCCC3)c2)CC1)c1ccc(O)c2[nH]c(=O)ccc12. The van der Waals surface area contributed by atoms with Crippen molar-refractivity contribution in [1.82, 2.24) is 20.1 Å². The first-order valence-corrected chi connectivity index (χ1v) is 25.7. The Hall–Kier alpha value is -3.51. The fourth-order valence-electron chi connectivity index (χ4n) is 9.98. The molecule has 5 aliphatic rings. The lowest BCUT2D eigenvalue weighted by atomic mass is 9.69. The first-order chi connectivity index (χ1) is 28.2. The van der Waals surface area contributed by atoms with Crippen LogP contribution in [-0.2, 0) is 30.6 Å². The monoisotopic (exact) mass is 827 g/mol. The molecule has 59 heavy (non-hydrogen) atoms. The van der Waals surface area contributed by atoms with Crippen LogP contribution in [0.3, 0.4) is 0 Å². The van der Waals surface area contributed by atoms with Gasteiger partial charge in [-0.1, -0.05) is 70.4 Å². The number of phenolic OH excluding ortho intramolecular Hbond substituents is 1. The number of hydrogen-bond acceptors (Lipinski definition) is 8. The minimum atomic E-state index is -2.16. The molecule has 2 bridgehead atoms. The molecule has 5 heterocycles. The van der Waals surface area contributed by atoms with Gasteiger partial charge in [-0.25, -0.2) is 0 Å². The standard InChI is InChI=1S/C48H70N4O6Si/c1-47(2,3)59(4,5)58-41(38-15-17-40(53)45-39(38)16-18-43(54)50-45)32-49-26-19-34-20-29-52(30-21-34)44(55)14-10-12-35-11-9-13-37(31-35)48(24-7-6-8-25-48)46(56)57-42-33-51-27-22-36(42)23-28-51/h9,11,13,15-18,31,34,36,41-42,49,53H,6-8,10,12,14,19-30,32-33H2,1-5H3,(H,50,54)/t41-,42-/m0/s1. The number of carbonyl (C=O) groups excluding carboxylic acids is 2. The number of carbonyl (C=O) groups is 2. The summed E-state index contributed by atoms with van der Waals surface area (Å²) in [7, 11) is -2.16. The van der Waals surface area contributed by atoms with Crippen molar-refractivity contribution in [3.8, 4) is 5.75 Å². The summed E-state index contributed by atoms with van der Waals surface area (Å²) in [6.07, 6.45) is 12.3. The molecule has 322 valence electrons. The van der Waals surface area contributed by atoms with Crippen molar-refractivity contribution in [3.05, 3.63) is 75.6 Å². The summed E-state index contributed by atoms with van der Waals surface area (Å²) in [5.74, 6) is 1.35. The van der Waals surface area contributed by atoms with Gasteiger partial charge in [0.25, 0.3) is 0 Å². The quantitative estimate of drug-likeness (QED) is 0.0794.